The van der Waals surface area contributed by atoms with Crippen LogP contribution in [0.2, 0.25) is 0 Å². The second-order valence-electron chi connectivity index (χ2n) is 9.95. The molecule has 0 amide bonds. The van der Waals surface area contributed by atoms with Crippen molar-refractivity contribution in [3.8, 4) is 45.8 Å². The number of hydrogen-bond donors (Lipinski definition) is 10. The largest absolute Gasteiger partial charge is 0.508 e. The summed E-state index contributed by atoms with van der Waals surface area (Å²) < 4.78 is 27.7. The van der Waals surface area contributed by atoms with Gasteiger partial charge in [-0.05, 0) is 19.1 Å². The molecule has 0 unspecified atom stereocenters. The van der Waals surface area contributed by atoms with Gasteiger partial charge in [-0.1, -0.05) is 0 Å². The van der Waals surface area contributed by atoms with Crippen molar-refractivity contribution in [1.29, 1.82) is 0 Å². The third kappa shape index (κ3) is 5.14. The fraction of sp³-hybridized carbons (Fsp3) is 0.423. The van der Waals surface area contributed by atoms with Gasteiger partial charge in [0.05, 0.1) is 12.7 Å². The average molecular weight is 596 g/mol. The Labute approximate surface area is 235 Å². The van der Waals surface area contributed by atoms with Crippen molar-refractivity contribution in [3.63, 3.8) is 0 Å². The van der Waals surface area contributed by atoms with E-state index in [4.69, 9.17) is 23.4 Å². The number of fused-ring (bicyclic) bond motifs is 1. The van der Waals surface area contributed by atoms with Crippen LogP contribution in [0.1, 0.15) is 6.92 Å². The molecule has 3 heterocycles. The highest BCUT2D eigenvalue weighted by Crippen LogP contribution is 2.43. The van der Waals surface area contributed by atoms with Crippen LogP contribution < -0.4 is 10.2 Å². The zero-order chi connectivity index (χ0) is 30.6. The van der Waals surface area contributed by atoms with E-state index in [0.717, 1.165) is 24.3 Å². The molecule has 10 N–H and O–H groups in total. The summed E-state index contributed by atoms with van der Waals surface area (Å²) in [4.78, 5) is 13.6. The molecular weight excluding hydrogens is 568 g/mol. The number of benzene rings is 2. The summed E-state index contributed by atoms with van der Waals surface area (Å²) in [5.41, 5.74) is -1.62. The molecule has 0 saturated carbocycles. The maximum absolute atomic E-state index is 13.6. The first-order valence-electron chi connectivity index (χ1n) is 12.6. The molecule has 1 aromatic heterocycles. The summed E-state index contributed by atoms with van der Waals surface area (Å²) in [6.07, 6.45) is -14.4. The van der Waals surface area contributed by atoms with Crippen molar-refractivity contribution in [2.75, 3.05) is 6.61 Å². The highest BCUT2D eigenvalue weighted by Gasteiger charge is 2.49. The standard InChI is InChI=1S/C26H28O16/c1-7-16(32)23(41-25-20(36)18(34)13(31)6-38-25)21(37)26(39-7)42-24-19(35)15-10(28)4-9(27)5-14(15)40-22(24)8-2-11(29)17(33)12(30)3-8/h2-5,7,13,16,18,20-21,23,25-34,36-37H,6H2,1H3/t7-,13+,16-,18+,20+,21-,23+,25+,26-/m0/s1. The van der Waals surface area contributed by atoms with Gasteiger partial charge >= 0.3 is 0 Å². The van der Waals surface area contributed by atoms with E-state index in [1.807, 2.05) is 0 Å². The minimum absolute atomic E-state index is 0.225. The lowest BCUT2D eigenvalue weighted by Gasteiger charge is -2.44. The predicted octanol–water partition coefficient (Wildman–Crippen LogP) is -1.34. The zero-order valence-electron chi connectivity index (χ0n) is 21.6. The molecule has 9 atom stereocenters. The van der Waals surface area contributed by atoms with Gasteiger partial charge in [-0.3, -0.25) is 4.79 Å². The molecule has 3 aromatic rings. The Morgan fingerprint density at radius 1 is 0.810 bits per heavy atom. The van der Waals surface area contributed by atoms with Crippen LogP contribution in [0.4, 0.5) is 0 Å². The first kappa shape index (κ1) is 29.6. The minimum atomic E-state index is -1.91. The van der Waals surface area contributed by atoms with E-state index in [-0.39, 0.29) is 11.1 Å². The van der Waals surface area contributed by atoms with E-state index in [1.165, 1.54) is 6.92 Å². The Balaban J connectivity index is 1.56. The van der Waals surface area contributed by atoms with Gasteiger partial charge in [-0.15, -0.1) is 0 Å². The first-order chi connectivity index (χ1) is 19.8. The van der Waals surface area contributed by atoms with Crippen molar-refractivity contribution in [3.05, 3.63) is 34.5 Å². The van der Waals surface area contributed by atoms with Gasteiger partial charge < -0.3 is 74.4 Å². The summed E-state index contributed by atoms with van der Waals surface area (Å²) in [5.74, 6) is -4.91. The SMILES string of the molecule is C[C@@H]1O[C@@H](Oc2c(-c3cc(O)c(O)c(O)c3)oc3cc(O)cc(O)c3c2=O)[C@@H](O)[C@H](O[C@H]2OC[C@@H](O)[C@@H](O)[C@H]2O)[C@H]1O. The summed E-state index contributed by atoms with van der Waals surface area (Å²) >= 11 is 0. The molecule has 0 bridgehead atoms. The van der Waals surface area contributed by atoms with Crippen molar-refractivity contribution in [2.24, 2.45) is 0 Å². The minimum Gasteiger partial charge on any atom is -0.508 e. The molecule has 2 fully saturated rings. The van der Waals surface area contributed by atoms with E-state index in [1.54, 1.807) is 0 Å². The normalized spacial score (nSPS) is 31.7. The number of phenolic OH excluding ortho intramolecular Hbond substituents is 5. The Kier molecular flexibility index (Phi) is 7.82. The molecule has 228 valence electrons. The number of aromatic hydroxyl groups is 5. The smallest absolute Gasteiger partial charge is 0.239 e. The molecule has 0 spiro atoms. The molecule has 2 aliphatic rings. The molecule has 0 aliphatic carbocycles. The average Bonchev–Trinajstić information content (AvgIpc) is 2.93. The van der Waals surface area contributed by atoms with Gasteiger partial charge in [0.2, 0.25) is 17.5 Å². The summed E-state index contributed by atoms with van der Waals surface area (Å²) in [7, 11) is 0. The number of ether oxygens (including phenoxy) is 4. The summed E-state index contributed by atoms with van der Waals surface area (Å²) in [5, 5.41) is 101. The van der Waals surface area contributed by atoms with Crippen molar-refractivity contribution < 1.29 is 74.4 Å². The van der Waals surface area contributed by atoms with E-state index >= 15 is 0 Å². The van der Waals surface area contributed by atoms with Crippen LogP contribution in [0.3, 0.4) is 0 Å². The van der Waals surface area contributed by atoms with Crippen molar-refractivity contribution in [2.45, 2.75) is 62.2 Å². The monoisotopic (exact) mass is 596 g/mol. The number of aliphatic hydroxyl groups excluding tert-OH is 5. The molecule has 42 heavy (non-hydrogen) atoms. The van der Waals surface area contributed by atoms with Crippen LogP contribution in [-0.4, -0.2) is 113 Å². The van der Waals surface area contributed by atoms with Crippen LogP contribution in [0.25, 0.3) is 22.3 Å². The lowest BCUT2D eigenvalue weighted by atomic mass is 9.98. The second-order valence-corrected chi connectivity index (χ2v) is 9.95. The molecular formula is C26H28O16. The predicted molar refractivity (Wildman–Crippen MR) is 136 cm³/mol. The maximum Gasteiger partial charge on any atom is 0.239 e. The van der Waals surface area contributed by atoms with Crippen LogP contribution in [0, 0.1) is 0 Å². The van der Waals surface area contributed by atoms with Crippen LogP contribution in [0.5, 0.6) is 34.5 Å². The summed E-state index contributed by atoms with van der Waals surface area (Å²) in [6.45, 7) is 0.940. The quantitative estimate of drug-likeness (QED) is 0.153. The molecule has 16 nitrogen and oxygen atoms in total. The van der Waals surface area contributed by atoms with Gasteiger partial charge in [0, 0.05) is 17.7 Å². The zero-order valence-corrected chi connectivity index (χ0v) is 21.6. The Morgan fingerprint density at radius 3 is 2.14 bits per heavy atom. The van der Waals surface area contributed by atoms with Gasteiger partial charge in [-0.25, -0.2) is 0 Å². The van der Waals surface area contributed by atoms with Gasteiger partial charge in [0.15, 0.2) is 29.3 Å². The summed E-state index contributed by atoms with van der Waals surface area (Å²) in [6, 6.07) is 3.67. The molecule has 5 rings (SSSR count). The lowest BCUT2D eigenvalue weighted by Crippen LogP contribution is -2.62. The third-order valence-electron chi connectivity index (χ3n) is 7.01. The number of aliphatic hydroxyl groups is 5. The molecule has 2 saturated heterocycles. The van der Waals surface area contributed by atoms with E-state index in [0.29, 0.717) is 0 Å². The lowest BCUT2D eigenvalue weighted by molar-refractivity contribution is -0.336. The van der Waals surface area contributed by atoms with Crippen LogP contribution in [-0.2, 0) is 14.2 Å². The molecule has 0 radical (unpaired) electrons. The van der Waals surface area contributed by atoms with Crippen LogP contribution in [0.15, 0.2) is 33.5 Å². The highest BCUT2D eigenvalue weighted by molar-refractivity contribution is 5.88. The first-order valence-corrected chi connectivity index (χ1v) is 12.6. The van der Waals surface area contributed by atoms with Gasteiger partial charge in [0.1, 0.15) is 59.1 Å². The third-order valence-corrected chi connectivity index (χ3v) is 7.01. The maximum atomic E-state index is 13.6. The topological polar surface area (TPSA) is 269 Å². The van der Waals surface area contributed by atoms with Crippen molar-refractivity contribution >= 4 is 11.0 Å². The fourth-order valence-electron chi connectivity index (χ4n) is 4.73. The van der Waals surface area contributed by atoms with E-state index in [2.05, 4.69) is 0 Å². The number of phenols is 5. The van der Waals surface area contributed by atoms with Gasteiger partial charge in [0.25, 0.3) is 0 Å². The Bertz CT molecular complexity index is 1510. The molecule has 2 aromatic carbocycles. The second kappa shape index (κ2) is 11.1. The fourth-order valence-corrected chi connectivity index (χ4v) is 4.73. The van der Waals surface area contributed by atoms with E-state index in [9.17, 15) is 55.9 Å². The van der Waals surface area contributed by atoms with E-state index < -0.39 is 113 Å². The Hall–Kier alpha value is -3.87. The number of hydrogen-bond acceptors (Lipinski definition) is 16. The number of rotatable bonds is 5. The van der Waals surface area contributed by atoms with Gasteiger partial charge in [-0.2, -0.15) is 0 Å². The molecule has 16 heteroatoms. The highest BCUT2D eigenvalue weighted by atomic mass is 16.7. The van der Waals surface area contributed by atoms with Crippen molar-refractivity contribution in [1.82, 2.24) is 0 Å². The van der Waals surface area contributed by atoms with Crippen LogP contribution >= 0.6 is 0 Å². The Morgan fingerprint density at radius 2 is 1.48 bits per heavy atom. The molecule has 2 aliphatic heterocycles.